The lowest BCUT2D eigenvalue weighted by molar-refractivity contribution is 0.0148. The summed E-state index contributed by atoms with van der Waals surface area (Å²) < 4.78 is 5.35. The Kier molecular flexibility index (Phi) is 4.53. The number of methoxy groups -OCH3 is 1. The second-order valence-electron chi connectivity index (χ2n) is 4.81. The maximum absolute atomic E-state index is 9.17. The van der Waals surface area contributed by atoms with Crippen LogP contribution in [-0.4, -0.2) is 18.8 Å². The number of benzene rings is 1. The molecule has 0 saturated heterocycles. The minimum absolute atomic E-state index is 0.244. The fourth-order valence-electron chi connectivity index (χ4n) is 1.63. The van der Waals surface area contributed by atoms with E-state index in [1.807, 2.05) is 45.0 Å². The minimum atomic E-state index is -0.296. The summed E-state index contributed by atoms with van der Waals surface area (Å²) in [6, 6.07) is 9.99. The molecule has 0 fully saturated rings. The first-order valence-electron chi connectivity index (χ1n) is 5.75. The average molecular weight is 232 g/mol. The van der Waals surface area contributed by atoms with E-state index in [1.54, 1.807) is 7.11 Å². The molecule has 0 aliphatic rings. The normalized spacial score (nSPS) is 12.9. The summed E-state index contributed by atoms with van der Waals surface area (Å²) in [5, 5.41) is 12.4. The molecule has 3 nitrogen and oxygen atoms in total. The van der Waals surface area contributed by atoms with Gasteiger partial charge in [0.2, 0.25) is 0 Å². The van der Waals surface area contributed by atoms with Gasteiger partial charge in [-0.15, -0.1) is 0 Å². The Balaban J connectivity index is 2.72. The number of hydrogen-bond acceptors (Lipinski definition) is 3. The average Bonchev–Trinajstić information content (AvgIpc) is 2.31. The van der Waals surface area contributed by atoms with Gasteiger partial charge in [-0.25, -0.2) is 0 Å². The van der Waals surface area contributed by atoms with Crippen molar-refractivity contribution < 1.29 is 4.74 Å². The predicted molar refractivity (Wildman–Crippen MR) is 69.9 cm³/mol. The third-order valence-corrected chi connectivity index (χ3v) is 2.88. The van der Waals surface area contributed by atoms with Crippen LogP contribution in [0.4, 0.5) is 5.69 Å². The maximum Gasteiger partial charge on any atom is 0.117 e. The number of ether oxygens (including phenoxy) is 1. The molecule has 1 aromatic carbocycles. The largest absolute Gasteiger partial charge is 0.379 e. The predicted octanol–water partition coefficient (Wildman–Crippen LogP) is 3.11. The van der Waals surface area contributed by atoms with Crippen molar-refractivity contribution in [1.82, 2.24) is 0 Å². The SMILES string of the molecule is COC(C)(C)CC(C#N)Nc1ccccc1C. The van der Waals surface area contributed by atoms with Gasteiger partial charge in [0.05, 0.1) is 11.7 Å². The van der Waals surface area contributed by atoms with E-state index in [-0.39, 0.29) is 11.6 Å². The van der Waals surface area contributed by atoms with Gasteiger partial charge in [-0.3, -0.25) is 0 Å². The number of nitrogens with one attached hydrogen (secondary N) is 1. The van der Waals surface area contributed by atoms with E-state index in [2.05, 4.69) is 11.4 Å². The molecule has 1 unspecified atom stereocenters. The first-order chi connectivity index (χ1) is 7.98. The zero-order valence-electron chi connectivity index (χ0n) is 10.9. The van der Waals surface area contributed by atoms with Gasteiger partial charge in [-0.2, -0.15) is 5.26 Å². The Labute approximate surface area is 103 Å². The number of anilines is 1. The summed E-state index contributed by atoms with van der Waals surface area (Å²) in [4.78, 5) is 0. The van der Waals surface area contributed by atoms with Crippen LogP contribution in [0, 0.1) is 18.3 Å². The highest BCUT2D eigenvalue weighted by atomic mass is 16.5. The van der Waals surface area contributed by atoms with Crippen LogP contribution in [0.25, 0.3) is 0 Å². The second-order valence-corrected chi connectivity index (χ2v) is 4.81. The van der Waals surface area contributed by atoms with Gasteiger partial charge in [-0.05, 0) is 32.4 Å². The van der Waals surface area contributed by atoms with Crippen LogP contribution in [0.2, 0.25) is 0 Å². The van der Waals surface area contributed by atoms with Crippen molar-refractivity contribution in [2.75, 3.05) is 12.4 Å². The molecule has 0 radical (unpaired) electrons. The maximum atomic E-state index is 9.17. The summed E-state index contributed by atoms with van der Waals surface area (Å²) in [5.41, 5.74) is 1.85. The number of para-hydroxylation sites is 1. The number of nitriles is 1. The third-order valence-electron chi connectivity index (χ3n) is 2.88. The van der Waals surface area contributed by atoms with Crippen molar-refractivity contribution in [1.29, 1.82) is 5.26 Å². The summed E-state index contributed by atoms with van der Waals surface area (Å²) in [6.07, 6.45) is 0.647. The Bertz CT molecular complexity index is 407. The van der Waals surface area contributed by atoms with E-state index in [4.69, 9.17) is 10.00 Å². The monoisotopic (exact) mass is 232 g/mol. The summed E-state index contributed by atoms with van der Waals surface area (Å²) in [5.74, 6) is 0. The highest BCUT2D eigenvalue weighted by Gasteiger charge is 2.22. The first kappa shape index (κ1) is 13.5. The van der Waals surface area contributed by atoms with Gasteiger partial charge in [0.15, 0.2) is 0 Å². The molecular weight excluding hydrogens is 212 g/mol. The lowest BCUT2D eigenvalue weighted by atomic mass is 9.99. The topological polar surface area (TPSA) is 45.0 Å². The molecule has 0 amide bonds. The van der Waals surface area contributed by atoms with Crippen molar-refractivity contribution in [3.63, 3.8) is 0 Å². The number of hydrogen-bond donors (Lipinski definition) is 1. The van der Waals surface area contributed by atoms with Crippen LogP contribution < -0.4 is 5.32 Å². The standard InChI is InChI=1S/C14H20N2O/c1-11-7-5-6-8-13(11)16-12(10-15)9-14(2,3)17-4/h5-8,12,16H,9H2,1-4H3. The van der Waals surface area contributed by atoms with Gasteiger partial charge in [0.1, 0.15) is 6.04 Å². The molecule has 0 aromatic heterocycles. The molecule has 3 heteroatoms. The molecule has 0 heterocycles. The smallest absolute Gasteiger partial charge is 0.117 e. The molecule has 0 saturated carbocycles. The first-order valence-corrected chi connectivity index (χ1v) is 5.75. The molecule has 17 heavy (non-hydrogen) atoms. The van der Waals surface area contributed by atoms with Crippen LogP contribution in [0.5, 0.6) is 0 Å². The third kappa shape index (κ3) is 4.08. The summed E-state index contributed by atoms with van der Waals surface area (Å²) in [6.45, 7) is 5.99. The Morgan fingerprint density at radius 2 is 2.06 bits per heavy atom. The summed E-state index contributed by atoms with van der Waals surface area (Å²) >= 11 is 0. The number of aryl methyl sites for hydroxylation is 1. The van der Waals surface area contributed by atoms with Gasteiger partial charge >= 0.3 is 0 Å². The van der Waals surface area contributed by atoms with Crippen LogP contribution in [0.3, 0.4) is 0 Å². The molecule has 0 spiro atoms. The molecule has 92 valence electrons. The van der Waals surface area contributed by atoms with Gasteiger partial charge < -0.3 is 10.1 Å². The molecule has 1 aromatic rings. The minimum Gasteiger partial charge on any atom is -0.379 e. The summed E-state index contributed by atoms with van der Waals surface area (Å²) in [7, 11) is 1.67. The fraction of sp³-hybridized carbons (Fsp3) is 0.500. The van der Waals surface area contributed by atoms with Crippen LogP contribution >= 0.6 is 0 Å². The van der Waals surface area contributed by atoms with Crippen molar-refractivity contribution in [2.24, 2.45) is 0 Å². The molecule has 0 bridgehead atoms. The lowest BCUT2D eigenvalue weighted by Gasteiger charge is -2.26. The molecule has 0 aliphatic carbocycles. The van der Waals surface area contributed by atoms with E-state index >= 15 is 0 Å². The number of nitrogens with zero attached hydrogens (tertiary/aromatic N) is 1. The van der Waals surface area contributed by atoms with Gasteiger partial charge in [-0.1, -0.05) is 18.2 Å². The van der Waals surface area contributed by atoms with Gasteiger partial charge in [0.25, 0.3) is 0 Å². The fourth-order valence-corrected chi connectivity index (χ4v) is 1.63. The van der Waals surface area contributed by atoms with E-state index in [1.165, 1.54) is 0 Å². The van der Waals surface area contributed by atoms with Crippen LogP contribution in [-0.2, 0) is 4.74 Å². The van der Waals surface area contributed by atoms with E-state index in [0.717, 1.165) is 11.3 Å². The van der Waals surface area contributed by atoms with Crippen molar-refractivity contribution >= 4 is 5.69 Å². The highest BCUT2D eigenvalue weighted by Crippen LogP contribution is 2.20. The molecule has 1 rings (SSSR count). The molecular formula is C14H20N2O. The van der Waals surface area contributed by atoms with Crippen molar-refractivity contribution in [2.45, 2.75) is 38.8 Å². The molecule has 1 atom stereocenters. The zero-order valence-corrected chi connectivity index (χ0v) is 10.9. The highest BCUT2D eigenvalue weighted by molar-refractivity contribution is 5.51. The Hall–Kier alpha value is -1.53. The van der Waals surface area contributed by atoms with Crippen molar-refractivity contribution in [3.05, 3.63) is 29.8 Å². The van der Waals surface area contributed by atoms with Gasteiger partial charge in [0, 0.05) is 19.2 Å². The van der Waals surface area contributed by atoms with Crippen LogP contribution in [0.1, 0.15) is 25.8 Å². The second kappa shape index (κ2) is 5.70. The molecule has 1 N–H and O–H groups in total. The number of rotatable bonds is 5. The van der Waals surface area contributed by atoms with Crippen molar-refractivity contribution in [3.8, 4) is 6.07 Å². The Morgan fingerprint density at radius 1 is 1.41 bits per heavy atom. The van der Waals surface area contributed by atoms with E-state index < -0.39 is 0 Å². The zero-order chi connectivity index (χ0) is 12.9. The van der Waals surface area contributed by atoms with Crippen LogP contribution in [0.15, 0.2) is 24.3 Å². The van der Waals surface area contributed by atoms with E-state index in [9.17, 15) is 0 Å². The quantitative estimate of drug-likeness (QED) is 0.848. The van der Waals surface area contributed by atoms with E-state index in [0.29, 0.717) is 6.42 Å². The Morgan fingerprint density at radius 3 is 2.59 bits per heavy atom. The lowest BCUT2D eigenvalue weighted by Crippen LogP contribution is -2.32. The molecule has 0 aliphatic heterocycles.